The van der Waals surface area contributed by atoms with E-state index in [0.29, 0.717) is 0 Å². The zero-order valence-electron chi connectivity index (χ0n) is 31.3. The SMILES string of the molecule is CN(C)Cc1ccccc1-c1nc(-c2ccccc2)c(-c2ccccc2)n1[N+]1=C(c2ccccc2)C(c2ccccc2)=NC1c1ccccc1CN(C)C. The van der Waals surface area contributed by atoms with Crippen molar-refractivity contribution in [3.8, 4) is 33.9 Å². The summed E-state index contributed by atoms with van der Waals surface area (Å²) in [5.74, 6) is 0.859. The van der Waals surface area contributed by atoms with E-state index >= 15 is 0 Å². The summed E-state index contributed by atoms with van der Waals surface area (Å²) in [5.41, 5.74) is 12.8. The van der Waals surface area contributed by atoms with Crippen LogP contribution in [0.2, 0.25) is 0 Å². The van der Waals surface area contributed by atoms with Crippen LogP contribution in [0.1, 0.15) is 34.0 Å². The summed E-state index contributed by atoms with van der Waals surface area (Å²) in [4.78, 5) is 15.9. The molecular weight excluding hydrogens is 661 g/mol. The number of benzene rings is 6. The lowest BCUT2D eigenvalue weighted by atomic mass is 10.00. The zero-order valence-corrected chi connectivity index (χ0v) is 31.3. The van der Waals surface area contributed by atoms with Gasteiger partial charge in [-0.1, -0.05) is 161 Å². The highest BCUT2D eigenvalue weighted by Gasteiger charge is 2.44. The molecule has 7 aromatic rings. The second kappa shape index (κ2) is 15.4. The van der Waals surface area contributed by atoms with Crippen LogP contribution in [0.4, 0.5) is 0 Å². The molecular formula is C48H45N6+. The monoisotopic (exact) mass is 705 g/mol. The Morgan fingerprint density at radius 2 is 1.00 bits per heavy atom. The number of hydrogen-bond acceptors (Lipinski definition) is 4. The molecule has 6 nitrogen and oxygen atoms in total. The minimum absolute atomic E-state index is 0.411. The van der Waals surface area contributed by atoms with Gasteiger partial charge in [0, 0.05) is 35.3 Å². The number of nitrogens with zero attached hydrogens (tertiary/aromatic N) is 6. The summed E-state index contributed by atoms with van der Waals surface area (Å²) in [5, 5.41) is 0. The fourth-order valence-corrected chi connectivity index (χ4v) is 7.49. The largest absolute Gasteiger partial charge is 0.305 e. The van der Waals surface area contributed by atoms with Gasteiger partial charge in [-0.25, -0.2) is 9.98 Å². The summed E-state index contributed by atoms with van der Waals surface area (Å²) < 4.78 is 4.81. The predicted molar refractivity (Wildman–Crippen MR) is 222 cm³/mol. The van der Waals surface area contributed by atoms with Crippen LogP contribution in [-0.4, -0.2) is 63.8 Å². The third-order valence-electron chi connectivity index (χ3n) is 9.76. The van der Waals surface area contributed by atoms with E-state index in [9.17, 15) is 0 Å². The quantitative estimate of drug-likeness (QED) is 0.126. The lowest BCUT2D eigenvalue weighted by molar-refractivity contribution is -0.617. The predicted octanol–water partition coefficient (Wildman–Crippen LogP) is 9.47. The Kier molecular flexibility index (Phi) is 9.95. The van der Waals surface area contributed by atoms with Gasteiger partial charge >= 0.3 is 6.17 Å². The molecule has 1 atom stereocenters. The molecule has 266 valence electrons. The molecule has 0 bridgehead atoms. The molecule has 1 aromatic heterocycles. The van der Waals surface area contributed by atoms with Crippen LogP contribution in [0.25, 0.3) is 33.9 Å². The first-order valence-electron chi connectivity index (χ1n) is 18.5. The normalized spacial score (nSPS) is 14.3. The molecule has 0 amide bonds. The van der Waals surface area contributed by atoms with Crippen molar-refractivity contribution in [2.24, 2.45) is 4.99 Å². The lowest BCUT2D eigenvalue weighted by Gasteiger charge is -2.19. The van der Waals surface area contributed by atoms with Crippen LogP contribution in [0.3, 0.4) is 0 Å². The molecule has 0 N–H and O–H groups in total. The lowest BCUT2D eigenvalue weighted by Crippen LogP contribution is -2.31. The van der Waals surface area contributed by atoms with Crippen LogP contribution in [0, 0.1) is 0 Å². The van der Waals surface area contributed by atoms with Crippen LogP contribution >= 0.6 is 0 Å². The Bertz CT molecular complexity index is 2430. The standard InChI is InChI=1S/C48H45N6/c1-51(2)33-39-29-17-19-31-41(39)47-49-43(35-21-9-5-10-22-35)45(37-25-13-7-14-26-37)53(47)54-46(38-27-15-8-16-28-38)44(36-23-11-6-12-24-36)50-48(54)42-32-20-18-30-40(42)34-52(3)4/h5-32,47H,33-34H2,1-4H3/q+1. The molecule has 0 saturated heterocycles. The molecule has 1 aliphatic rings. The van der Waals surface area contributed by atoms with Crippen molar-refractivity contribution in [1.29, 1.82) is 0 Å². The molecule has 8 rings (SSSR count). The van der Waals surface area contributed by atoms with E-state index in [0.717, 1.165) is 75.1 Å². The molecule has 0 radical (unpaired) electrons. The smallest absolute Gasteiger partial charge is 0.302 e. The molecule has 2 heterocycles. The average molecular weight is 706 g/mol. The number of imidazole rings is 1. The number of aliphatic imine (C=N–C) groups is 1. The second-order valence-electron chi connectivity index (χ2n) is 14.3. The summed E-state index contributed by atoms with van der Waals surface area (Å²) in [6.45, 7) is 1.54. The molecule has 54 heavy (non-hydrogen) atoms. The van der Waals surface area contributed by atoms with Gasteiger partial charge in [0.2, 0.25) is 5.82 Å². The van der Waals surface area contributed by atoms with E-state index in [-0.39, 0.29) is 0 Å². The van der Waals surface area contributed by atoms with E-state index in [1.165, 1.54) is 11.1 Å². The first-order chi connectivity index (χ1) is 26.5. The van der Waals surface area contributed by atoms with E-state index in [4.69, 9.17) is 9.98 Å². The summed E-state index contributed by atoms with van der Waals surface area (Å²) in [7, 11) is 8.48. The Hall–Kier alpha value is -6.21. The fraction of sp³-hybridized carbons (Fsp3) is 0.146. The van der Waals surface area contributed by atoms with Gasteiger partial charge in [-0.2, -0.15) is 0 Å². The van der Waals surface area contributed by atoms with Gasteiger partial charge in [-0.3, -0.25) is 0 Å². The van der Waals surface area contributed by atoms with Crippen molar-refractivity contribution >= 4 is 11.4 Å². The molecule has 6 aromatic carbocycles. The molecule has 0 saturated carbocycles. The maximum atomic E-state index is 5.76. The molecule has 1 unspecified atom stereocenters. The Morgan fingerprint density at radius 1 is 0.519 bits per heavy atom. The van der Waals surface area contributed by atoms with Crippen LogP contribution < -0.4 is 0 Å². The number of rotatable bonds is 11. The van der Waals surface area contributed by atoms with Crippen LogP contribution in [0.5, 0.6) is 0 Å². The van der Waals surface area contributed by atoms with Gasteiger partial charge in [0.1, 0.15) is 17.1 Å². The molecule has 1 aliphatic heterocycles. The average Bonchev–Trinajstić information content (AvgIpc) is 3.79. The fourth-order valence-electron chi connectivity index (χ4n) is 7.49. The number of aromatic nitrogens is 2. The first-order valence-corrected chi connectivity index (χ1v) is 18.5. The molecule has 0 aliphatic carbocycles. The van der Waals surface area contributed by atoms with Crippen molar-refractivity contribution in [2.45, 2.75) is 19.3 Å². The Morgan fingerprint density at radius 3 is 1.61 bits per heavy atom. The van der Waals surface area contributed by atoms with Gasteiger partial charge in [0.15, 0.2) is 0 Å². The summed E-state index contributed by atoms with van der Waals surface area (Å²) in [6, 6.07) is 60.0. The molecule has 0 fully saturated rings. The highest BCUT2D eigenvalue weighted by Crippen LogP contribution is 2.41. The molecule has 6 heteroatoms. The molecule has 0 spiro atoms. The van der Waals surface area contributed by atoms with Crippen molar-refractivity contribution in [3.63, 3.8) is 0 Å². The second-order valence-corrected chi connectivity index (χ2v) is 14.3. The Labute approximate surface area is 318 Å². The van der Waals surface area contributed by atoms with E-state index in [2.05, 4.69) is 217 Å². The Balaban J connectivity index is 1.57. The van der Waals surface area contributed by atoms with E-state index in [1.807, 2.05) is 0 Å². The van der Waals surface area contributed by atoms with E-state index < -0.39 is 6.17 Å². The minimum atomic E-state index is -0.411. The third kappa shape index (κ3) is 6.85. The van der Waals surface area contributed by atoms with Crippen molar-refractivity contribution in [2.75, 3.05) is 28.2 Å². The van der Waals surface area contributed by atoms with E-state index in [1.54, 1.807) is 0 Å². The zero-order chi connectivity index (χ0) is 37.0. The maximum absolute atomic E-state index is 5.76. The number of hydrogen-bond donors (Lipinski definition) is 0. The van der Waals surface area contributed by atoms with Crippen molar-refractivity contribution in [3.05, 3.63) is 198 Å². The minimum Gasteiger partial charge on any atom is -0.305 e. The highest BCUT2D eigenvalue weighted by molar-refractivity contribution is 6.52. The van der Waals surface area contributed by atoms with Crippen molar-refractivity contribution < 1.29 is 4.68 Å². The maximum Gasteiger partial charge on any atom is 0.302 e. The van der Waals surface area contributed by atoms with Gasteiger partial charge in [0.05, 0.1) is 11.1 Å². The third-order valence-corrected chi connectivity index (χ3v) is 9.76. The van der Waals surface area contributed by atoms with Gasteiger partial charge < -0.3 is 9.80 Å². The summed E-state index contributed by atoms with van der Waals surface area (Å²) in [6.07, 6.45) is -0.411. The summed E-state index contributed by atoms with van der Waals surface area (Å²) >= 11 is 0. The van der Waals surface area contributed by atoms with Gasteiger partial charge in [0.25, 0.3) is 5.71 Å². The van der Waals surface area contributed by atoms with Crippen LogP contribution in [0.15, 0.2) is 175 Å². The first kappa shape index (κ1) is 34.9. The van der Waals surface area contributed by atoms with Gasteiger partial charge in [-0.05, 0) is 57.5 Å². The topological polar surface area (TPSA) is 39.7 Å². The van der Waals surface area contributed by atoms with Crippen LogP contribution in [-0.2, 0) is 13.1 Å². The highest BCUT2D eigenvalue weighted by atomic mass is 15.6. The van der Waals surface area contributed by atoms with Crippen molar-refractivity contribution in [1.82, 2.24) is 19.5 Å². The van der Waals surface area contributed by atoms with Gasteiger partial charge in [-0.15, -0.1) is 0 Å².